The first kappa shape index (κ1) is 20.8. The minimum Gasteiger partial charge on any atom is -0.493 e. The molecule has 1 amide bonds. The summed E-state index contributed by atoms with van der Waals surface area (Å²) in [6.07, 6.45) is 10.1. The van der Waals surface area contributed by atoms with Gasteiger partial charge in [-0.2, -0.15) is 0 Å². The Kier molecular flexibility index (Phi) is 7.43. The lowest BCUT2D eigenvalue weighted by atomic mass is 9.99. The van der Waals surface area contributed by atoms with Gasteiger partial charge in [-0.15, -0.1) is 0 Å². The van der Waals surface area contributed by atoms with Gasteiger partial charge in [-0.25, -0.2) is 0 Å². The zero-order valence-corrected chi connectivity index (χ0v) is 17.5. The van der Waals surface area contributed by atoms with Gasteiger partial charge in [0.05, 0.1) is 26.9 Å². The summed E-state index contributed by atoms with van der Waals surface area (Å²) in [5, 5.41) is 3.23. The van der Waals surface area contributed by atoms with Crippen molar-refractivity contribution in [3.8, 4) is 17.2 Å². The molecule has 1 atom stereocenters. The van der Waals surface area contributed by atoms with Gasteiger partial charge in [0.25, 0.3) is 5.91 Å². The standard InChI is InChI=1S/C22H34N2O4/c1-26-19-13-12-18(20(27-2)21(19)28-3)22(25)23-16-9-8-14-24(15-16)17-10-6-4-5-7-11-17/h12-13,16-17H,4-11,14-15H2,1-3H3,(H,23,25). The topological polar surface area (TPSA) is 60.0 Å². The molecule has 0 aromatic heterocycles. The van der Waals surface area contributed by atoms with Crippen LogP contribution < -0.4 is 19.5 Å². The van der Waals surface area contributed by atoms with Crippen molar-refractivity contribution in [2.45, 2.75) is 63.5 Å². The number of amides is 1. The maximum Gasteiger partial charge on any atom is 0.255 e. The van der Waals surface area contributed by atoms with Crippen LogP contribution in [0.4, 0.5) is 0 Å². The summed E-state index contributed by atoms with van der Waals surface area (Å²) in [5.41, 5.74) is 0.478. The molecule has 6 heteroatoms. The van der Waals surface area contributed by atoms with Crippen molar-refractivity contribution in [3.63, 3.8) is 0 Å². The van der Waals surface area contributed by atoms with Crippen molar-refractivity contribution in [3.05, 3.63) is 17.7 Å². The maximum absolute atomic E-state index is 13.0. The molecule has 1 unspecified atom stereocenters. The summed E-state index contributed by atoms with van der Waals surface area (Å²) in [6.45, 7) is 2.09. The van der Waals surface area contributed by atoms with Crippen molar-refractivity contribution in [2.75, 3.05) is 34.4 Å². The molecule has 1 aromatic rings. The number of nitrogens with one attached hydrogen (secondary N) is 1. The predicted molar refractivity (Wildman–Crippen MR) is 110 cm³/mol. The number of methoxy groups -OCH3 is 3. The zero-order valence-electron chi connectivity index (χ0n) is 17.5. The van der Waals surface area contributed by atoms with Crippen LogP contribution in [0.2, 0.25) is 0 Å². The molecule has 1 aliphatic carbocycles. The second-order valence-corrected chi connectivity index (χ2v) is 7.83. The van der Waals surface area contributed by atoms with Crippen LogP contribution in [0.3, 0.4) is 0 Å². The second kappa shape index (κ2) is 10.0. The fourth-order valence-electron chi connectivity index (χ4n) is 4.62. The minimum atomic E-state index is -0.120. The molecule has 1 heterocycles. The molecular formula is C22H34N2O4. The van der Waals surface area contributed by atoms with Gasteiger partial charge in [-0.3, -0.25) is 9.69 Å². The molecule has 1 aromatic carbocycles. The molecule has 0 bridgehead atoms. The van der Waals surface area contributed by atoms with Crippen LogP contribution in [0.25, 0.3) is 0 Å². The van der Waals surface area contributed by atoms with E-state index in [1.165, 1.54) is 38.5 Å². The number of piperidine rings is 1. The summed E-state index contributed by atoms with van der Waals surface area (Å²) < 4.78 is 16.2. The molecule has 2 aliphatic rings. The largest absolute Gasteiger partial charge is 0.493 e. The fraction of sp³-hybridized carbons (Fsp3) is 0.682. The normalized spacial score (nSPS) is 21.6. The fourth-order valence-corrected chi connectivity index (χ4v) is 4.62. The first-order valence-electron chi connectivity index (χ1n) is 10.5. The molecule has 1 aliphatic heterocycles. The van der Waals surface area contributed by atoms with Gasteiger partial charge in [-0.05, 0) is 44.4 Å². The first-order valence-corrected chi connectivity index (χ1v) is 10.5. The lowest BCUT2D eigenvalue weighted by Gasteiger charge is -2.38. The van der Waals surface area contributed by atoms with Crippen LogP contribution in [0.1, 0.15) is 61.7 Å². The number of carbonyl (C=O) groups is 1. The highest BCUT2D eigenvalue weighted by molar-refractivity contribution is 5.98. The molecule has 1 saturated heterocycles. The Morgan fingerprint density at radius 1 is 0.929 bits per heavy atom. The number of rotatable bonds is 6. The Labute approximate surface area is 168 Å². The molecule has 156 valence electrons. The van der Waals surface area contributed by atoms with Gasteiger partial charge >= 0.3 is 0 Å². The van der Waals surface area contributed by atoms with E-state index >= 15 is 0 Å². The number of ether oxygens (including phenoxy) is 3. The summed E-state index contributed by atoms with van der Waals surface area (Å²) in [7, 11) is 4.66. The monoisotopic (exact) mass is 390 g/mol. The van der Waals surface area contributed by atoms with E-state index in [1.54, 1.807) is 33.5 Å². The van der Waals surface area contributed by atoms with Crippen molar-refractivity contribution in [2.24, 2.45) is 0 Å². The van der Waals surface area contributed by atoms with E-state index in [0.717, 1.165) is 25.9 Å². The number of benzene rings is 1. The Hall–Kier alpha value is -1.95. The van der Waals surface area contributed by atoms with Crippen molar-refractivity contribution < 1.29 is 19.0 Å². The van der Waals surface area contributed by atoms with Gasteiger partial charge in [0.15, 0.2) is 11.5 Å². The quantitative estimate of drug-likeness (QED) is 0.752. The molecular weight excluding hydrogens is 356 g/mol. The first-order chi connectivity index (χ1) is 13.7. The van der Waals surface area contributed by atoms with Crippen molar-refractivity contribution in [1.82, 2.24) is 10.2 Å². The molecule has 1 N–H and O–H groups in total. The zero-order chi connectivity index (χ0) is 19.9. The molecule has 3 rings (SSSR count). The van der Waals surface area contributed by atoms with E-state index in [4.69, 9.17) is 14.2 Å². The average Bonchev–Trinajstić information content (AvgIpc) is 3.02. The minimum absolute atomic E-state index is 0.120. The van der Waals surface area contributed by atoms with Crippen LogP contribution in [0, 0.1) is 0 Å². The lowest BCUT2D eigenvalue weighted by molar-refractivity contribution is 0.0857. The Morgan fingerprint density at radius 2 is 1.64 bits per heavy atom. The average molecular weight is 391 g/mol. The highest BCUT2D eigenvalue weighted by Crippen LogP contribution is 2.39. The van der Waals surface area contributed by atoms with E-state index in [9.17, 15) is 4.79 Å². The van der Waals surface area contributed by atoms with Crippen LogP contribution in [0.15, 0.2) is 12.1 Å². The molecule has 0 radical (unpaired) electrons. The Morgan fingerprint density at radius 3 is 2.29 bits per heavy atom. The second-order valence-electron chi connectivity index (χ2n) is 7.83. The van der Waals surface area contributed by atoms with E-state index in [-0.39, 0.29) is 11.9 Å². The van der Waals surface area contributed by atoms with Crippen LogP contribution in [0.5, 0.6) is 17.2 Å². The summed E-state index contributed by atoms with van der Waals surface area (Å²) in [5.74, 6) is 1.29. The van der Waals surface area contributed by atoms with E-state index in [2.05, 4.69) is 10.2 Å². The van der Waals surface area contributed by atoms with Crippen molar-refractivity contribution >= 4 is 5.91 Å². The van der Waals surface area contributed by atoms with Crippen LogP contribution >= 0.6 is 0 Å². The summed E-state index contributed by atoms with van der Waals surface area (Å²) in [4.78, 5) is 15.6. The maximum atomic E-state index is 13.0. The Balaban J connectivity index is 1.68. The van der Waals surface area contributed by atoms with Crippen LogP contribution in [-0.4, -0.2) is 57.3 Å². The highest BCUT2D eigenvalue weighted by atomic mass is 16.5. The van der Waals surface area contributed by atoms with Gasteiger partial charge in [0, 0.05) is 18.6 Å². The molecule has 2 fully saturated rings. The number of likely N-dealkylation sites (tertiary alicyclic amines) is 1. The van der Waals surface area contributed by atoms with Gasteiger partial charge < -0.3 is 19.5 Å². The van der Waals surface area contributed by atoms with E-state index in [0.29, 0.717) is 28.9 Å². The molecule has 1 saturated carbocycles. The Bertz CT molecular complexity index is 656. The third-order valence-corrected chi connectivity index (χ3v) is 6.08. The molecule has 28 heavy (non-hydrogen) atoms. The van der Waals surface area contributed by atoms with E-state index in [1.807, 2.05) is 0 Å². The number of hydrogen-bond donors (Lipinski definition) is 1. The third kappa shape index (κ3) is 4.72. The predicted octanol–water partition coefficient (Wildman–Crippen LogP) is 3.63. The lowest BCUT2D eigenvalue weighted by Crippen LogP contribution is -2.51. The smallest absolute Gasteiger partial charge is 0.255 e. The third-order valence-electron chi connectivity index (χ3n) is 6.08. The number of hydrogen-bond acceptors (Lipinski definition) is 5. The highest BCUT2D eigenvalue weighted by Gasteiger charge is 2.28. The SMILES string of the molecule is COc1ccc(C(=O)NC2CCCN(C3CCCCCC3)C2)c(OC)c1OC. The number of nitrogens with zero attached hydrogens (tertiary/aromatic N) is 1. The number of carbonyl (C=O) groups excluding carboxylic acids is 1. The van der Waals surface area contributed by atoms with Gasteiger partial charge in [0.1, 0.15) is 0 Å². The van der Waals surface area contributed by atoms with Crippen LogP contribution in [-0.2, 0) is 0 Å². The molecule has 0 spiro atoms. The summed E-state index contributed by atoms with van der Waals surface area (Å²) >= 11 is 0. The van der Waals surface area contributed by atoms with E-state index < -0.39 is 0 Å². The van der Waals surface area contributed by atoms with Crippen molar-refractivity contribution in [1.29, 1.82) is 0 Å². The van der Waals surface area contributed by atoms with Gasteiger partial charge in [-0.1, -0.05) is 25.7 Å². The van der Waals surface area contributed by atoms with Gasteiger partial charge in [0.2, 0.25) is 5.75 Å². The summed E-state index contributed by atoms with van der Waals surface area (Å²) in [6, 6.07) is 4.33. The molecule has 6 nitrogen and oxygen atoms in total.